The van der Waals surface area contributed by atoms with Gasteiger partial charge in [-0.3, -0.25) is 0 Å². The number of nitrogens with zero attached hydrogens (tertiary/aromatic N) is 3. The van der Waals surface area contributed by atoms with Crippen LogP contribution in [0.4, 0.5) is 0 Å². The average molecular weight is 252 g/mol. The largest absolute Gasteiger partial charge is 3.00 e. The fourth-order valence-corrected chi connectivity index (χ4v) is 0. The van der Waals surface area contributed by atoms with Crippen molar-refractivity contribution in [2.75, 3.05) is 0 Å². The van der Waals surface area contributed by atoms with Crippen molar-refractivity contribution in [2.45, 2.75) is 0 Å². The van der Waals surface area contributed by atoms with Gasteiger partial charge >= 0.3 is 25.8 Å². The summed E-state index contributed by atoms with van der Waals surface area (Å²) in [5, 5.41) is 40.9. The van der Waals surface area contributed by atoms with Crippen molar-refractivity contribution in [3.8, 4) is 0 Å². The SMILES string of the molecule is O.O=[N+]([O-])O.O=[N+]([O-])O.O=[N+]([O-])O.[Sc+3]. The maximum absolute atomic E-state index is 8.36. The van der Waals surface area contributed by atoms with E-state index in [-0.39, 0.29) is 31.3 Å². The van der Waals surface area contributed by atoms with Crippen LogP contribution in [-0.4, -0.2) is 36.4 Å². The fraction of sp³-hybridized carbons (Fsp3) is 0. The van der Waals surface area contributed by atoms with Crippen molar-refractivity contribution in [2.24, 2.45) is 0 Å². The van der Waals surface area contributed by atoms with Crippen molar-refractivity contribution < 1.29 is 62.2 Å². The summed E-state index contributed by atoms with van der Waals surface area (Å²) < 4.78 is 0. The van der Waals surface area contributed by atoms with Crippen molar-refractivity contribution in [3.05, 3.63) is 30.3 Å². The van der Waals surface area contributed by atoms with Gasteiger partial charge in [-0.25, -0.2) is 0 Å². The minimum atomic E-state index is -1.50. The van der Waals surface area contributed by atoms with E-state index in [1.54, 1.807) is 0 Å². The number of hydrogen-bond acceptors (Lipinski definition) is 6. The Balaban J connectivity index is -0.0000000270. The molecule has 5 N–H and O–H groups in total. The van der Waals surface area contributed by atoms with Crippen LogP contribution >= 0.6 is 0 Å². The molecule has 0 amide bonds. The fourth-order valence-electron chi connectivity index (χ4n) is 0. The molecular formula is H5N3O10Sc+3. The summed E-state index contributed by atoms with van der Waals surface area (Å²) in [7, 11) is 0. The second-order valence-electron chi connectivity index (χ2n) is 0.714. The first kappa shape index (κ1) is 29.4. The molecule has 0 radical (unpaired) electrons. The Morgan fingerprint density at radius 1 is 0.714 bits per heavy atom. The summed E-state index contributed by atoms with van der Waals surface area (Å²) in [5.41, 5.74) is 0. The Kier molecular flexibility index (Phi) is 47.3. The predicted octanol–water partition coefficient (Wildman–Crippen LogP) is -1.87. The third kappa shape index (κ3) is 376. The Bertz CT molecular complexity index is 113. The first-order valence-corrected chi connectivity index (χ1v) is 1.70. The van der Waals surface area contributed by atoms with Crippen molar-refractivity contribution >= 4 is 0 Å². The molecule has 0 saturated carbocycles. The second kappa shape index (κ2) is 22.5. The molecule has 0 bridgehead atoms. The van der Waals surface area contributed by atoms with E-state index in [1.165, 1.54) is 0 Å². The topological polar surface area (TPSA) is 222 Å². The number of rotatable bonds is 0. The molecule has 0 aromatic rings. The minimum Gasteiger partial charge on any atom is -0.412 e. The molecule has 0 unspecified atom stereocenters. The zero-order chi connectivity index (χ0) is 10.7. The molecule has 14 heteroatoms. The molecule has 80 valence electrons. The van der Waals surface area contributed by atoms with E-state index in [2.05, 4.69) is 0 Å². The summed E-state index contributed by atoms with van der Waals surface area (Å²) in [5.74, 6) is 0. The van der Waals surface area contributed by atoms with Gasteiger partial charge in [-0.15, -0.1) is 30.3 Å². The van der Waals surface area contributed by atoms with Crippen molar-refractivity contribution in [3.63, 3.8) is 0 Å². The van der Waals surface area contributed by atoms with Gasteiger partial charge < -0.3 is 21.1 Å². The van der Waals surface area contributed by atoms with Crippen LogP contribution < -0.4 is 0 Å². The second-order valence-corrected chi connectivity index (χ2v) is 0.714. The average Bonchev–Trinajstić information content (AvgIpc) is 1.54. The third-order valence-electron chi connectivity index (χ3n) is 0. The molecule has 0 fully saturated rings. The van der Waals surface area contributed by atoms with Gasteiger partial charge in [0.05, 0.1) is 0 Å². The van der Waals surface area contributed by atoms with Crippen LogP contribution in [0, 0.1) is 30.3 Å². The molecule has 0 aromatic heterocycles. The van der Waals surface area contributed by atoms with E-state index in [0.29, 0.717) is 0 Å². The van der Waals surface area contributed by atoms with Crippen LogP contribution in [-0.2, 0) is 25.8 Å². The molecule has 0 heterocycles. The third-order valence-corrected chi connectivity index (χ3v) is 0. The maximum Gasteiger partial charge on any atom is 3.00 e. The van der Waals surface area contributed by atoms with Gasteiger partial charge in [-0.1, -0.05) is 0 Å². The molecular weight excluding hydrogens is 247 g/mol. The molecule has 0 aromatic carbocycles. The van der Waals surface area contributed by atoms with Gasteiger partial charge in [0.15, 0.2) is 0 Å². The molecule has 0 rings (SSSR count). The van der Waals surface area contributed by atoms with Crippen molar-refractivity contribution in [1.82, 2.24) is 0 Å². The van der Waals surface area contributed by atoms with E-state index in [0.717, 1.165) is 0 Å². The smallest absolute Gasteiger partial charge is 0.412 e. The quantitative estimate of drug-likeness (QED) is 0.323. The van der Waals surface area contributed by atoms with Crippen LogP contribution in [0.25, 0.3) is 0 Å². The van der Waals surface area contributed by atoms with Gasteiger partial charge in [0, 0.05) is 0 Å². The summed E-state index contributed by atoms with van der Waals surface area (Å²) in [6.45, 7) is 0. The van der Waals surface area contributed by atoms with Gasteiger partial charge in [0.2, 0.25) is 0 Å². The van der Waals surface area contributed by atoms with Crippen LogP contribution in [0.5, 0.6) is 0 Å². The molecule has 0 aliphatic heterocycles. The summed E-state index contributed by atoms with van der Waals surface area (Å²) in [6.07, 6.45) is 0. The maximum atomic E-state index is 8.36. The molecule has 0 saturated heterocycles. The van der Waals surface area contributed by atoms with E-state index >= 15 is 0 Å². The van der Waals surface area contributed by atoms with Gasteiger partial charge in [-0.05, 0) is 0 Å². The first-order valence-electron chi connectivity index (χ1n) is 1.70. The Hall–Kier alpha value is -1.57. The van der Waals surface area contributed by atoms with Gasteiger partial charge in [0.1, 0.15) is 0 Å². The number of hydrogen-bond donors (Lipinski definition) is 3. The Morgan fingerprint density at radius 3 is 0.714 bits per heavy atom. The first-order chi connectivity index (χ1) is 5.20. The van der Waals surface area contributed by atoms with Crippen LogP contribution in [0.2, 0.25) is 0 Å². The summed E-state index contributed by atoms with van der Waals surface area (Å²) in [6, 6.07) is 0. The summed E-state index contributed by atoms with van der Waals surface area (Å²) in [4.78, 5) is 25.1. The van der Waals surface area contributed by atoms with Crippen LogP contribution in [0.3, 0.4) is 0 Å². The minimum absolute atomic E-state index is 0. The molecule has 13 nitrogen and oxygen atoms in total. The Morgan fingerprint density at radius 2 is 0.714 bits per heavy atom. The van der Waals surface area contributed by atoms with Gasteiger partial charge in [-0.2, -0.15) is 0 Å². The van der Waals surface area contributed by atoms with Crippen LogP contribution in [0.15, 0.2) is 0 Å². The van der Waals surface area contributed by atoms with E-state index in [1.807, 2.05) is 0 Å². The van der Waals surface area contributed by atoms with E-state index in [4.69, 9.17) is 46.0 Å². The van der Waals surface area contributed by atoms with Crippen molar-refractivity contribution in [1.29, 1.82) is 0 Å². The van der Waals surface area contributed by atoms with Crippen LogP contribution in [0.1, 0.15) is 0 Å². The molecule has 0 aliphatic rings. The Labute approximate surface area is 93.0 Å². The zero-order valence-corrected chi connectivity index (χ0v) is 8.01. The van der Waals surface area contributed by atoms with Gasteiger partial charge in [0.25, 0.3) is 15.3 Å². The van der Waals surface area contributed by atoms with E-state index in [9.17, 15) is 0 Å². The summed E-state index contributed by atoms with van der Waals surface area (Å²) >= 11 is 0. The monoisotopic (exact) mass is 252 g/mol. The standard InChI is InChI=1S/3HNO3.H2O.Sc/c3*2-1(3)4;;/h3*(H,2,3,4);1H2;/q;;;;+3. The van der Waals surface area contributed by atoms with E-state index < -0.39 is 15.3 Å². The predicted molar refractivity (Wildman–Crippen MR) is 30.0 cm³/mol. The molecule has 14 heavy (non-hydrogen) atoms. The molecule has 0 spiro atoms. The zero-order valence-electron chi connectivity index (χ0n) is 6.21. The normalized spacial score (nSPS) is 5.14. The molecule has 0 atom stereocenters. The molecule has 0 aliphatic carbocycles.